The maximum atomic E-state index is 12.8. The third-order valence-electron chi connectivity index (χ3n) is 4.76. The van der Waals surface area contributed by atoms with Crippen LogP contribution in [-0.4, -0.2) is 41.6 Å². The maximum absolute atomic E-state index is 12.8. The molecule has 1 aliphatic rings. The Balaban J connectivity index is 1.49. The van der Waals surface area contributed by atoms with Gasteiger partial charge >= 0.3 is 6.18 Å². The van der Waals surface area contributed by atoms with E-state index in [4.69, 9.17) is 9.47 Å². The number of carbonyl (C=O) groups excluding carboxylic acids is 1. The van der Waals surface area contributed by atoms with Crippen molar-refractivity contribution >= 4 is 5.91 Å². The standard InChI is InChI=1S/C21H23F3N2O3/c1-14(2)15-3-5-17(6-4-15)28-13-20(27)26-10-8-18(12-26)29-19-11-16(7-9-25-19)21(22,23)24/h3-7,9,11,14,18H,8,10,12-13H2,1-2H3. The second-order valence-electron chi connectivity index (χ2n) is 7.26. The molecule has 0 aliphatic carbocycles. The number of likely N-dealkylation sites (tertiary alicyclic amines) is 1. The fourth-order valence-corrected chi connectivity index (χ4v) is 3.06. The van der Waals surface area contributed by atoms with Gasteiger partial charge in [0.25, 0.3) is 5.91 Å². The fourth-order valence-electron chi connectivity index (χ4n) is 3.06. The van der Waals surface area contributed by atoms with Crippen molar-refractivity contribution in [3.05, 3.63) is 53.7 Å². The number of benzene rings is 1. The minimum absolute atomic E-state index is 0.0967. The number of rotatable bonds is 6. The number of halogens is 3. The molecule has 2 aromatic rings. The zero-order valence-electron chi connectivity index (χ0n) is 16.3. The van der Waals surface area contributed by atoms with Gasteiger partial charge in [0.15, 0.2) is 6.61 Å². The SMILES string of the molecule is CC(C)c1ccc(OCC(=O)N2CCC(Oc3cc(C(F)(F)F)ccn3)C2)cc1. The number of hydrogen-bond donors (Lipinski definition) is 0. The summed E-state index contributed by atoms with van der Waals surface area (Å²) in [5.74, 6) is 0.739. The van der Waals surface area contributed by atoms with E-state index in [0.29, 0.717) is 24.6 Å². The highest BCUT2D eigenvalue weighted by Gasteiger charge is 2.32. The second kappa shape index (κ2) is 8.71. The van der Waals surface area contributed by atoms with Gasteiger partial charge in [-0.15, -0.1) is 0 Å². The number of amides is 1. The lowest BCUT2D eigenvalue weighted by molar-refractivity contribution is -0.137. The van der Waals surface area contributed by atoms with Crippen molar-refractivity contribution < 1.29 is 27.4 Å². The van der Waals surface area contributed by atoms with Gasteiger partial charge in [0, 0.05) is 25.2 Å². The number of aromatic nitrogens is 1. The van der Waals surface area contributed by atoms with Crippen LogP contribution in [0, 0.1) is 0 Å². The largest absolute Gasteiger partial charge is 0.484 e. The maximum Gasteiger partial charge on any atom is 0.416 e. The van der Waals surface area contributed by atoms with Crippen LogP contribution in [0.4, 0.5) is 13.2 Å². The minimum atomic E-state index is -4.45. The van der Waals surface area contributed by atoms with E-state index in [1.54, 1.807) is 4.90 Å². The number of hydrogen-bond acceptors (Lipinski definition) is 4. The average Bonchev–Trinajstić information content (AvgIpc) is 3.14. The van der Waals surface area contributed by atoms with Crippen molar-refractivity contribution in [3.63, 3.8) is 0 Å². The summed E-state index contributed by atoms with van der Waals surface area (Å²) in [5.41, 5.74) is 0.372. The Labute approximate surface area is 167 Å². The summed E-state index contributed by atoms with van der Waals surface area (Å²) in [6.07, 6.45) is -3.27. The molecule has 5 nitrogen and oxygen atoms in total. The molecule has 2 heterocycles. The van der Waals surface area contributed by atoms with Crippen LogP contribution in [0.5, 0.6) is 11.6 Å². The molecule has 1 unspecified atom stereocenters. The van der Waals surface area contributed by atoms with Gasteiger partial charge in [-0.1, -0.05) is 26.0 Å². The molecule has 0 spiro atoms. The molecule has 1 saturated heterocycles. The summed E-state index contributed by atoms with van der Waals surface area (Å²) < 4.78 is 49.5. The normalized spacial score (nSPS) is 16.9. The van der Waals surface area contributed by atoms with Crippen molar-refractivity contribution in [2.24, 2.45) is 0 Å². The molecule has 1 aliphatic heterocycles. The van der Waals surface area contributed by atoms with Gasteiger partial charge in [-0.2, -0.15) is 13.2 Å². The molecule has 1 aromatic heterocycles. The van der Waals surface area contributed by atoms with Gasteiger partial charge in [-0.3, -0.25) is 4.79 Å². The molecule has 0 saturated carbocycles. The summed E-state index contributed by atoms with van der Waals surface area (Å²) in [6, 6.07) is 9.35. The molecular weight excluding hydrogens is 385 g/mol. The van der Waals surface area contributed by atoms with Crippen LogP contribution in [0.3, 0.4) is 0 Å². The number of carbonyl (C=O) groups is 1. The number of ether oxygens (including phenoxy) is 2. The number of nitrogens with zero attached hydrogens (tertiary/aromatic N) is 2. The van der Waals surface area contributed by atoms with Crippen molar-refractivity contribution in [1.29, 1.82) is 0 Å². The second-order valence-corrected chi connectivity index (χ2v) is 7.26. The zero-order valence-corrected chi connectivity index (χ0v) is 16.3. The summed E-state index contributed by atoms with van der Waals surface area (Å²) in [6.45, 7) is 4.83. The lowest BCUT2D eigenvalue weighted by Gasteiger charge is -2.18. The van der Waals surface area contributed by atoms with Crippen LogP contribution < -0.4 is 9.47 Å². The average molecular weight is 408 g/mol. The molecule has 0 radical (unpaired) electrons. The van der Waals surface area contributed by atoms with E-state index < -0.39 is 17.8 Å². The summed E-state index contributed by atoms with van der Waals surface area (Å²) in [7, 11) is 0. The van der Waals surface area contributed by atoms with Crippen LogP contribution in [0.15, 0.2) is 42.6 Å². The Bertz CT molecular complexity index is 838. The van der Waals surface area contributed by atoms with E-state index in [1.165, 1.54) is 5.56 Å². The Morgan fingerprint density at radius 1 is 1.24 bits per heavy atom. The predicted molar refractivity (Wildman–Crippen MR) is 101 cm³/mol. The van der Waals surface area contributed by atoms with Crippen LogP contribution in [0.2, 0.25) is 0 Å². The Kier molecular flexibility index (Phi) is 6.30. The third kappa shape index (κ3) is 5.62. The zero-order chi connectivity index (χ0) is 21.0. The molecule has 3 rings (SSSR count). The molecule has 1 atom stereocenters. The predicted octanol–water partition coefficient (Wildman–Crippen LogP) is 4.28. The van der Waals surface area contributed by atoms with Gasteiger partial charge in [-0.05, 0) is 29.7 Å². The van der Waals surface area contributed by atoms with E-state index in [1.807, 2.05) is 24.3 Å². The molecule has 8 heteroatoms. The first-order chi connectivity index (χ1) is 13.7. The molecule has 1 aromatic carbocycles. The number of alkyl halides is 3. The van der Waals surface area contributed by atoms with Crippen LogP contribution in [0.1, 0.15) is 37.3 Å². The van der Waals surface area contributed by atoms with Crippen LogP contribution in [-0.2, 0) is 11.0 Å². The lowest BCUT2D eigenvalue weighted by Crippen LogP contribution is -2.34. The first kappa shape index (κ1) is 21.0. The third-order valence-corrected chi connectivity index (χ3v) is 4.76. The van der Waals surface area contributed by atoms with Gasteiger partial charge in [0.1, 0.15) is 11.9 Å². The first-order valence-corrected chi connectivity index (χ1v) is 9.43. The highest BCUT2D eigenvalue weighted by atomic mass is 19.4. The van der Waals surface area contributed by atoms with Crippen LogP contribution in [0.25, 0.3) is 0 Å². The Morgan fingerprint density at radius 3 is 2.62 bits per heavy atom. The highest BCUT2D eigenvalue weighted by Crippen LogP contribution is 2.31. The van der Waals surface area contributed by atoms with Gasteiger partial charge < -0.3 is 14.4 Å². The molecule has 156 valence electrons. The van der Waals surface area contributed by atoms with E-state index in [-0.39, 0.29) is 24.9 Å². The van der Waals surface area contributed by atoms with E-state index >= 15 is 0 Å². The first-order valence-electron chi connectivity index (χ1n) is 9.43. The minimum Gasteiger partial charge on any atom is -0.484 e. The van der Waals surface area contributed by atoms with Gasteiger partial charge in [0.2, 0.25) is 5.88 Å². The molecule has 1 amide bonds. The molecule has 1 fully saturated rings. The monoisotopic (exact) mass is 408 g/mol. The summed E-state index contributed by atoms with van der Waals surface area (Å²) in [5, 5.41) is 0. The molecular formula is C21H23F3N2O3. The van der Waals surface area contributed by atoms with Gasteiger partial charge in [0.05, 0.1) is 12.1 Å². The highest BCUT2D eigenvalue weighted by molar-refractivity contribution is 5.78. The number of pyridine rings is 1. The fraction of sp³-hybridized carbons (Fsp3) is 0.429. The molecule has 0 N–H and O–H groups in total. The summed E-state index contributed by atoms with van der Waals surface area (Å²) >= 11 is 0. The smallest absolute Gasteiger partial charge is 0.416 e. The lowest BCUT2D eigenvalue weighted by atomic mass is 10.0. The quantitative estimate of drug-likeness (QED) is 0.716. The summed E-state index contributed by atoms with van der Waals surface area (Å²) in [4.78, 5) is 17.8. The van der Waals surface area contributed by atoms with Crippen molar-refractivity contribution in [2.45, 2.75) is 38.5 Å². The Hall–Kier alpha value is -2.77. The van der Waals surface area contributed by atoms with E-state index in [2.05, 4.69) is 18.8 Å². The molecule has 29 heavy (non-hydrogen) atoms. The van der Waals surface area contributed by atoms with E-state index in [0.717, 1.165) is 18.3 Å². The van der Waals surface area contributed by atoms with Crippen LogP contribution >= 0.6 is 0 Å². The van der Waals surface area contributed by atoms with E-state index in [9.17, 15) is 18.0 Å². The Morgan fingerprint density at radius 2 is 1.97 bits per heavy atom. The van der Waals surface area contributed by atoms with Crippen molar-refractivity contribution in [1.82, 2.24) is 9.88 Å². The molecule has 0 bridgehead atoms. The van der Waals surface area contributed by atoms with Gasteiger partial charge in [-0.25, -0.2) is 4.98 Å². The topological polar surface area (TPSA) is 51.7 Å². The van der Waals surface area contributed by atoms with Crippen molar-refractivity contribution in [2.75, 3.05) is 19.7 Å². The van der Waals surface area contributed by atoms with Crippen molar-refractivity contribution in [3.8, 4) is 11.6 Å².